The molecule has 1 unspecified atom stereocenters. The van der Waals surface area contributed by atoms with Crippen LogP contribution >= 0.6 is 27.5 Å². The van der Waals surface area contributed by atoms with E-state index in [1.54, 1.807) is 0 Å². The molecule has 0 aromatic carbocycles. The molecule has 0 saturated carbocycles. The van der Waals surface area contributed by atoms with E-state index in [0.717, 1.165) is 11.8 Å². The Labute approximate surface area is 56.4 Å². The van der Waals surface area contributed by atoms with Crippen molar-refractivity contribution in [3.05, 3.63) is 0 Å². The van der Waals surface area contributed by atoms with Gasteiger partial charge in [0.2, 0.25) is 0 Å². The molecule has 3 heteroatoms. The smallest absolute Gasteiger partial charge is 0.121 e. The molecule has 0 amide bonds. The summed E-state index contributed by atoms with van der Waals surface area (Å²) in [5, 5.41) is 8.54. The van der Waals surface area contributed by atoms with Gasteiger partial charge in [-0.2, -0.15) is 5.26 Å². The highest BCUT2D eigenvalue weighted by Crippen LogP contribution is 2.01. The summed E-state index contributed by atoms with van der Waals surface area (Å²) in [6, 6.07) is 1.90. The van der Waals surface area contributed by atoms with Gasteiger partial charge in [-0.25, -0.2) is 0 Å². The van der Waals surface area contributed by atoms with Crippen molar-refractivity contribution in [1.82, 2.24) is 0 Å². The second kappa shape index (κ2) is 4.42. The van der Waals surface area contributed by atoms with Crippen molar-refractivity contribution in [2.45, 2.75) is 11.8 Å². The molecular formula is C4H5BrClN. The lowest BCUT2D eigenvalue weighted by Gasteiger charge is -1.89. The molecule has 0 aliphatic rings. The van der Waals surface area contributed by atoms with Crippen molar-refractivity contribution in [2.75, 3.05) is 5.33 Å². The summed E-state index contributed by atoms with van der Waals surface area (Å²) in [6.45, 7) is 0. The van der Waals surface area contributed by atoms with E-state index in [-0.39, 0.29) is 5.38 Å². The number of nitriles is 1. The van der Waals surface area contributed by atoms with E-state index in [9.17, 15) is 0 Å². The van der Waals surface area contributed by atoms with Crippen molar-refractivity contribution in [1.29, 1.82) is 5.26 Å². The lowest BCUT2D eigenvalue weighted by Crippen LogP contribution is -1.92. The maximum Gasteiger partial charge on any atom is 0.121 e. The van der Waals surface area contributed by atoms with Gasteiger partial charge in [0.25, 0.3) is 0 Å². The predicted molar refractivity (Wildman–Crippen MR) is 33.7 cm³/mol. The molecule has 0 aromatic heterocycles. The summed E-state index contributed by atoms with van der Waals surface area (Å²) in [5.74, 6) is 0. The topological polar surface area (TPSA) is 23.8 Å². The van der Waals surface area contributed by atoms with Crippen LogP contribution in [0.25, 0.3) is 0 Å². The molecule has 0 aliphatic carbocycles. The maximum absolute atomic E-state index is 8.06. The summed E-state index contributed by atoms with van der Waals surface area (Å²) >= 11 is 8.53. The predicted octanol–water partition coefficient (Wildman–Crippen LogP) is 1.90. The summed E-state index contributed by atoms with van der Waals surface area (Å²) in [6.07, 6.45) is 0.720. The molecule has 0 rings (SSSR count). The summed E-state index contributed by atoms with van der Waals surface area (Å²) < 4.78 is 0. The molecule has 0 radical (unpaired) electrons. The van der Waals surface area contributed by atoms with Crippen molar-refractivity contribution in [3.8, 4) is 6.07 Å². The number of nitrogens with zero attached hydrogens (tertiary/aromatic N) is 1. The van der Waals surface area contributed by atoms with Crippen molar-refractivity contribution >= 4 is 27.5 Å². The van der Waals surface area contributed by atoms with Gasteiger partial charge in [0.05, 0.1) is 6.07 Å². The Morgan fingerprint density at radius 1 is 1.86 bits per heavy atom. The highest BCUT2D eigenvalue weighted by atomic mass is 79.9. The molecule has 0 saturated heterocycles. The van der Waals surface area contributed by atoms with Crippen molar-refractivity contribution in [3.63, 3.8) is 0 Å². The standard InChI is InChI=1S/C4H5BrClN/c5-2-1-4(6)3-7/h4H,1-2H2. The number of halogens is 2. The van der Waals surface area contributed by atoms with Gasteiger partial charge < -0.3 is 0 Å². The Hall–Kier alpha value is 0.260. The average molecular weight is 182 g/mol. The van der Waals surface area contributed by atoms with Crippen LogP contribution in [0.3, 0.4) is 0 Å². The molecule has 0 spiro atoms. The van der Waals surface area contributed by atoms with Gasteiger partial charge in [0, 0.05) is 5.33 Å². The van der Waals surface area contributed by atoms with Gasteiger partial charge in [0.15, 0.2) is 0 Å². The zero-order valence-corrected chi connectivity index (χ0v) is 6.04. The summed E-state index contributed by atoms with van der Waals surface area (Å²) in [5.41, 5.74) is 0. The Balaban J connectivity index is 3.04. The molecule has 1 nitrogen and oxygen atoms in total. The third-order valence-electron chi connectivity index (χ3n) is 0.503. The maximum atomic E-state index is 8.06. The van der Waals surface area contributed by atoms with Crippen LogP contribution in [0.5, 0.6) is 0 Å². The molecule has 0 N–H and O–H groups in total. The van der Waals surface area contributed by atoms with Gasteiger partial charge in [-0.05, 0) is 6.42 Å². The molecule has 1 atom stereocenters. The second-order valence-electron chi connectivity index (χ2n) is 1.07. The molecule has 0 heterocycles. The highest BCUT2D eigenvalue weighted by Gasteiger charge is 1.96. The Bertz CT molecular complexity index is 78.2. The van der Waals surface area contributed by atoms with Crippen LogP contribution in [-0.4, -0.2) is 10.7 Å². The van der Waals surface area contributed by atoms with Crippen LogP contribution in [0.4, 0.5) is 0 Å². The number of alkyl halides is 2. The fourth-order valence-electron chi connectivity index (χ4n) is 0.160. The summed E-state index contributed by atoms with van der Waals surface area (Å²) in [4.78, 5) is 0. The van der Waals surface area contributed by atoms with Gasteiger partial charge in [-0.15, -0.1) is 11.6 Å². The van der Waals surface area contributed by atoms with Crippen LogP contribution in [0.1, 0.15) is 6.42 Å². The zero-order valence-electron chi connectivity index (χ0n) is 3.69. The minimum absolute atomic E-state index is 0.320. The molecule has 0 bridgehead atoms. The average Bonchev–Trinajstić information content (AvgIpc) is 1.68. The van der Waals surface area contributed by atoms with Gasteiger partial charge in [-0.1, -0.05) is 15.9 Å². The Kier molecular flexibility index (Phi) is 4.58. The monoisotopic (exact) mass is 181 g/mol. The first kappa shape index (κ1) is 7.26. The molecule has 0 aliphatic heterocycles. The third kappa shape index (κ3) is 4.11. The van der Waals surface area contributed by atoms with Crippen LogP contribution < -0.4 is 0 Å². The molecule has 0 fully saturated rings. The Morgan fingerprint density at radius 2 is 2.43 bits per heavy atom. The normalized spacial score (nSPS) is 12.7. The van der Waals surface area contributed by atoms with Crippen LogP contribution in [0, 0.1) is 11.3 Å². The first-order chi connectivity index (χ1) is 3.31. The molecule has 40 valence electrons. The summed E-state index contributed by atoms with van der Waals surface area (Å²) in [7, 11) is 0. The lowest BCUT2D eigenvalue weighted by atomic mass is 10.4. The quantitative estimate of drug-likeness (QED) is 0.599. The SMILES string of the molecule is N#CC(Cl)CCBr. The molecule has 0 aromatic rings. The largest absolute Gasteiger partial charge is 0.197 e. The number of hydrogen-bond acceptors (Lipinski definition) is 1. The third-order valence-corrected chi connectivity index (χ3v) is 1.28. The van der Waals surface area contributed by atoms with E-state index in [2.05, 4.69) is 15.9 Å². The van der Waals surface area contributed by atoms with Crippen molar-refractivity contribution < 1.29 is 0 Å². The van der Waals surface area contributed by atoms with Gasteiger partial charge in [0.1, 0.15) is 5.38 Å². The van der Waals surface area contributed by atoms with E-state index in [4.69, 9.17) is 16.9 Å². The van der Waals surface area contributed by atoms with Crippen molar-refractivity contribution in [2.24, 2.45) is 0 Å². The number of rotatable bonds is 2. The van der Waals surface area contributed by atoms with E-state index >= 15 is 0 Å². The lowest BCUT2D eigenvalue weighted by molar-refractivity contribution is 0.997. The van der Waals surface area contributed by atoms with Gasteiger partial charge in [-0.3, -0.25) is 0 Å². The zero-order chi connectivity index (χ0) is 5.70. The number of hydrogen-bond donors (Lipinski definition) is 0. The van der Waals surface area contributed by atoms with Gasteiger partial charge >= 0.3 is 0 Å². The minimum atomic E-state index is -0.320. The Morgan fingerprint density at radius 3 is 2.57 bits per heavy atom. The first-order valence-electron chi connectivity index (χ1n) is 1.91. The second-order valence-corrected chi connectivity index (χ2v) is 2.39. The van der Waals surface area contributed by atoms with Crippen LogP contribution in [0.2, 0.25) is 0 Å². The molecular weight excluding hydrogens is 177 g/mol. The first-order valence-corrected chi connectivity index (χ1v) is 3.46. The molecule has 7 heavy (non-hydrogen) atoms. The fourth-order valence-corrected chi connectivity index (χ4v) is 0.991. The fraction of sp³-hybridized carbons (Fsp3) is 0.750. The van der Waals surface area contributed by atoms with E-state index < -0.39 is 0 Å². The van der Waals surface area contributed by atoms with E-state index in [1.165, 1.54) is 0 Å². The highest BCUT2D eigenvalue weighted by molar-refractivity contribution is 9.09. The van der Waals surface area contributed by atoms with E-state index in [0.29, 0.717) is 0 Å². The van der Waals surface area contributed by atoms with Crippen LogP contribution in [-0.2, 0) is 0 Å². The van der Waals surface area contributed by atoms with Crippen LogP contribution in [0.15, 0.2) is 0 Å². The minimum Gasteiger partial charge on any atom is -0.197 e. The van der Waals surface area contributed by atoms with E-state index in [1.807, 2.05) is 6.07 Å².